The van der Waals surface area contributed by atoms with E-state index in [1.165, 1.54) is 11.1 Å². The second-order valence-corrected chi connectivity index (χ2v) is 7.31. The Morgan fingerprint density at radius 2 is 1.43 bits per heavy atom. The monoisotopic (exact) mass is 380 g/mol. The fourth-order valence-corrected chi connectivity index (χ4v) is 3.25. The van der Waals surface area contributed by atoms with E-state index < -0.39 is 6.04 Å². The number of rotatable bonds is 9. The van der Waals surface area contributed by atoms with Crippen LogP contribution in [0.2, 0.25) is 0 Å². The highest BCUT2D eigenvalue weighted by molar-refractivity contribution is 5.87. The van der Waals surface area contributed by atoms with Gasteiger partial charge in [0.05, 0.1) is 0 Å². The highest BCUT2D eigenvalue weighted by Gasteiger charge is 2.28. The van der Waals surface area contributed by atoms with E-state index in [1.54, 1.807) is 4.90 Å². The molecule has 1 N–H and O–H groups in total. The fraction of sp³-hybridized carbons (Fsp3) is 0.417. The van der Waals surface area contributed by atoms with E-state index in [1.807, 2.05) is 45.0 Å². The van der Waals surface area contributed by atoms with Gasteiger partial charge in [0.1, 0.15) is 6.04 Å². The van der Waals surface area contributed by atoms with Crippen molar-refractivity contribution < 1.29 is 9.59 Å². The molecule has 1 atom stereocenters. The molecule has 0 aromatic heterocycles. The third kappa shape index (κ3) is 6.22. The molecule has 0 aliphatic heterocycles. The first-order valence-electron chi connectivity index (χ1n) is 10.1. The molecule has 0 saturated heterocycles. The van der Waals surface area contributed by atoms with Crippen LogP contribution in [0, 0.1) is 13.8 Å². The molecule has 0 aliphatic carbocycles. The van der Waals surface area contributed by atoms with Crippen LogP contribution in [0.25, 0.3) is 0 Å². The summed E-state index contributed by atoms with van der Waals surface area (Å²) < 4.78 is 0. The summed E-state index contributed by atoms with van der Waals surface area (Å²) in [5, 5.41) is 2.87. The van der Waals surface area contributed by atoms with E-state index in [4.69, 9.17) is 0 Å². The molecule has 0 saturated carbocycles. The van der Waals surface area contributed by atoms with Crippen LogP contribution in [0.4, 0.5) is 0 Å². The number of carbonyl (C=O) groups is 2. The number of likely N-dealkylation sites (N-methyl/N-ethyl adjacent to an activating group) is 1. The van der Waals surface area contributed by atoms with Crippen molar-refractivity contribution in [3.8, 4) is 0 Å². The van der Waals surface area contributed by atoms with Crippen molar-refractivity contribution in [3.63, 3.8) is 0 Å². The summed E-state index contributed by atoms with van der Waals surface area (Å²) in [6.07, 6.45) is 1.66. The van der Waals surface area contributed by atoms with E-state index in [-0.39, 0.29) is 11.8 Å². The van der Waals surface area contributed by atoms with E-state index in [0.29, 0.717) is 32.4 Å². The predicted molar refractivity (Wildman–Crippen MR) is 114 cm³/mol. The average molecular weight is 381 g/mol. The molecule has 4 nitrogen and oxygen atoms in total. The summed E-state index contributed by atoms with van der Waals surface area (Å²) in [5.74, 6) is -0.0694. The maximum Gasteiger partial charge on any atom is 0.242 e. The zero-order valence-corrected chi connectivity index (χ0v) is 17.5. The zero-order chi connectivity index (χ0) is 20.5. The number of hydrogen-bond acceptors (Lipinski definition) is 2. The molecule has 0 radical (unpaired) electrons. The van der Waals surface area contributed by atoms with E-state index in [9.17, 15) is 9.59 Å². The molecule has 2 rings (SSSR count). The molecular formula is C24H32N2O2. The summed E-state index contributed by atoms with van der Waals surface area (Å²) in [6.45, 7) is 8.95. The molecule has 2 aromatic carbocycles. The number of carbonyl (C=O) groups excluding carboxylic acids is 2. The lowest BCUT2D eigenvalue weighted by Crippen LogP contribution is -2.49. The molecule has 0 spiro atoms. The summed E-state index contributed by atoms with van der Waals surface area (Å²) in [7, 11) is 0. The summed E-state index contributed by atoms with van der Waals surface area (Å²) in [5.41, 5.74) is 4.56. The number of aryl methyl sites for hydroxylation is 3. The van der Waals surface area contributed by atoms with Crippen LogP contribution in [-0.2, 0) is 22.6 Å². The Labute approximate surface area is 169 Å². The smallest absolute Gasteiger partial charge is 0.242 e. The van der Waals surface area contributed by atoms with Crippen molar-refractivity contribution in [3.05, 3.63) is 70.8 Å². The third-order valence-corrected chi connectivity index (χ3v) is 4.96. The highest BCUT2D eigenvalue weighted by atomic mass is 16.2. The van der Waals surface area contributed by atoms with Gasteiger partial charge in [-0.1, -0.05) is 66.6 Å². The van der Waals surface area contributed by atoms with Crippen LogP contribution in [0.1, 0.15) is 48.9 Å². The van der Waals surface area contributed by atoms with Crippen LogP contribution in [0.5, 0.6) is 0 Å². The number of nitrogens with zero attached hydrogens (tertiary/aromatic N) is 1. The number of hydrogen-bond donors (Lipinski definition) is 1. The molecule has 0 bridgehead atoms. The third-order valence-electron chi connectivity index (χ3n) is 4.96. The Morgan fingerprint density at radius 1 is 0.893 bits per heavy atom. The largest absolute Gasteiger partial charge is 0.355 e. The van der Waals surface area contributed by atoms with Crippen molar-refractivity contribution in [2.24, 2.45) is 0 Å². The minimum atomic E-state index is -0.452. The van der Waals surface area contributed by atoms with Gasteiger partial charge in [0.15, 0.2) is 0 Å². The molecule has 0 aliphatic rings. The van der Waals surface area contributed by atoms with Crippen LogP contribution >= 0.6 is 0 Å². The average Bonchev–Trinajstić information content (AvgIpc) is 2.69. The first kappa shape index (κ1) is 21.7. The van der Waals surface area contributed by atoms with Gasteiger partial charge in [-0.2, -0.15) is 0 Å². The Bertz CT molecular complexity index is 766. The summed E-state index contributed by atoms with van der Waals surface area (Å²) in [4.78, 5) is 27.4. The molecule has 28 heavy (non-hydrogen) atoms. The van der Waals surface area contributed by atoms with Gasteiger partial charge in [-0.05, 0) is 44.7 Å². The minimum absolute atomic E-state index is 0.0132. The molecule has 0 heterocycles. The Kier molecular flexibility index (Phi) is 8.24. The molecule has 0 fully saturated rings. The van der Waals surface area contributed by atoms with Crippen molar-refractivity contribution >= 4 is 11.8 Å². The topological polar surface area (TPSA) is 49.4 Å². The van der Waals surface area contributed by atoms with Crippen LogP contribution in [-0.4, -0.2) is 29.3 Å². The van der Waals surface area contributed by atoms with Gasteiger partial charge in [0.2, 0.25) is 11.8 Å². The molecule has 150 valence electrons. The van der Waals surface area contributed by atoms with Crippen molar-refractivity contribution in [2.45, 2.75) is 59.5 Å². The van der Waals surface area contributed by atoms with Gasteiger partial charge in [0, 0.05) is 19.5 Å². The molecular weight excluding hydrogens is 348 g/mol. The van der Waals surface area contributed by atoms with Crippen molar-refractivity contribution in [2.75, 3.05) is 6.54 Å². The fourth-order valence-electron chi connectivity index (χ4n) is 3.25. The number of amides is 2. The molecule has 2 aromatic rings. The lowest BCUT2D eigenvalue weighted by Gasteiger charge is -2.30. The lowest BCUT2D eigenvalue weighted by atomic mass is 10.0. The second kappa shape index (κ2) is 10.6. The Balaban J connectivity index is 2.16. The van der Waals surface area contributed by atoms with E-state index >= 15 is 0 Å². The zero-order valence-electron chi connectivity index (χ0n) is 17.5. The summed E-state index contributed by atoms with van der Waals surface area (Å²) in [6, 6.07) is 15.9. The standard InChI is InChI=1S/C24H32N2O2/c1-5-22(24(28)25-6-2)26(17-21-13-9-19(4)10-14-21)23(27)16-15-20-11-7-18(3)8-12-20/h7-14,22H,5-6,15-17H2,1-4H3,(H,25,28)/t22-/m1/s1. The maximum absolute atomic E-state index is 13.1. The van der Waals surface area contributed by atoms with Crippen molar-refractivity contribution in [1.29, 1.82) is 0 Å². The normalized spacial score (nSPS) is 11.7. The van der Waals surface area contributed by atoms with Gasteiger partial charge >= 0.3 is 0 Å². The SMILES string of the molecule is CCNC(=O)[C@@H](CC)N(Cc1ccc(C)cc1)C(=O)CCc1ccc(C)cc1. The van der Waals surface area contributed by atoms with E-state index in [0.717, 1.165) is 11.1 Å². The van der Waals surface area contributed by atoms with Gasteiger partial charge in [0.25, 0.3) is 0 Å². The molecule has 0 unspecified atom stereocenters. The Morgan fingerprint density at radius 3 is 1.93 bits per heavy atom. The molecule has 2 amide bonds. The Hall–Kier alpha value is -2.62. The van der Waals surface area contributed by atoms with Gasteiger partial charge in [-0.15, -0.1) is 0 Å². The number of benzene rings is 2. The summed E-state index contributed by atoms with van der Waals surface area (Å²) >= 11 is 0. The van der Waals surface area contributed by atoms with Crippen molar-refractivity contribution in [1.82, 2.24) is 10.2 Å². The van der Waals surface area contributed by atoms with Crippen LogP contribution in [0.15, 0.2) is 48.5 Å². The highest BCUT2D eigenvalue weighted by Crippen LogP contribution is 2.16. The van der Waals surface area contributed by atoms with Crippen LogP contribution < -0.4 is 5.32 Å². The maximum atomic E-state index is 13.1. The lowest BCUT2D eigenvalue weighted by molar-refractivity contribution is -0.141. The molecule has 4 heteroatoms. The minimum Gasteiger partial charge on any atom is -0.355 e. The van der Waals surface area contributed by atoms with E-state index in [2.05, 4.69) is 36.5 Å². The van der Waals surface area contributed by atoms with Gasteiger partial charge in [-0.25, -0.2) is 0 Å². The van der Waals surface area contributed by atoms with Gasteiger partial charge in [-0.3, -0.25) is 9.59 Å². The first-order chi connectivity index (χ1) is 13.4. The van der Waals surface area contributed by atoms with Crippen LogP contribution in [0.3, 0.4) is 0 Å². The van der Waals surface area contributed by atoms with Gasteiger partial charge < -0.3 is 10.2 Å². The first-order valence-corrected chi connectivity index (χ1v) is 10.1. The quantitative estimate of drug-likeness (QED) is 0.709. The predicted octanol–water partition coefficient (Wildman–Crippen LogP) is 4.18. The second-order valence-electron chi connectivity index (χ2n) is 7.31. The number of nitrogens with one attached hydrogen (secondary N) is 1.